The monoisotopic (exact) mass is 799 g/mol. The number of para-hydroxylation sites is 1. The molecule has 59 heavy (non-hydrogen) atoms. The van der Waals surface area contributed by atoms with E-state index in [0.717, 1.165) is 67.2 Å². The summed E-state index contributed by atoms with van der Waals surface area (Å²) in [5.74, 6) is 3.09. The standard InChI is InChI=1S/C46H57N9O4/c1-3-46(56)50-39-29-40(49-44-31-45(48-32-47-44)55-41(18-27-58-55)33-8-7-11-38(28-33)59-37-9-5-4-6-10-37)43(57-2)30-42(39)54-21-16-35(17-22-54)51-19-14-36(15-20-51)53-25-23-52(24-26-53)34-12-13-34/h3-11,28-32,34-36,41H,1,12-27H2,2H3,(H,50,56)(H,47,48,49)/t41-/m1/s1. The van der Waals surface area contributed by atoms with Crippen molar-refractivity contribution in [3.05, 3.63) is 97.3 Å². The smallest absolute Gasteiger partial charge is 0.247 e. The van der Waals surface area contributed by atoms with Crippen LogP contribution < -0.4 is 30.1 Å². The average molecular weight is 800 g/mol. The molecular weight excluding hydrogens is 743 g/mol. The largest absolute Gasteiger partial charge is 0.494 e. The molecule has 3 aromatic carbocycles. The fourth-order valence-corrected chi connectivity index (χ4v) is 9.46. The topological polar surface area (TPSA) is 111 Å². The van der Waals surface area contributed by atoms with Gasteiger partial charge in [0.15, 0.2) is 5.82 Å². The van der Waals surface area contributed by atoms with Crippen LogP contribution in [0.2, 0.25) is 0 Å². The summed E-state index contributed by atoms with van der Waals surface area (Å²) in [4.78, 5) is 38.7. The maximum atomic E-state index is 12.8. The van der Waals surface area contributed by atoms with Gasteiger partial charge in [-0.1, -0.05) is 36.9 Å². The number of carbonyl (C=O) groups is 1. The van der Waals surface area contributed by atoms with Gasteiger partial charge in [0.05, 0.1) is 36.8 Å². The van der Waals surface area contributed by atoms with Crippen molar-refractivity contribution in [1.29, 1.82) is 0 Å². The number of likely N-dealkylation sites (tertiary alicyclic amines) is 1. The van der Waals surface area contributed by atoms with E-state index in [4.69, 9.17) is 14.3 Å². The molecule has 1 aromatic heterocycles. The number of ether oxygens (including phenoxy) is 2. The molecule has 4 aromatic rings. The van der Waals surface area contributed by atoms with Crippen molar-refractivity contribution in [2.24, 2.45) is 0 Å². The summed E-state index contributed by atoms with van der Waals surface area (Å²) in [5.41, 5.74) is 3.34. The van der Waals surface area contributed by atoms with E-state index in [2.05, 4.69) is 52.8 Å². The number of piperazine rings is 1. The summed E-state index contributed by atoms with van der Waals surface area (Å²) in [6.45, 7) is 13.4. The minimum Gasteiger partial charge on any atom is -0.494 e. The molecule has 1 atom stereocenters. The predicted molar refractivity (Wildman–Crippen MR) is 232 cm³/mol. The first kappa shape index (κ1) is 39.3. The lowest BCUT2D eigenvalue weighted by Crippen LogP contribution is -2.55. The van der Waals surface area contributed by atoms with E-state index in [1.807, 2.05) is 71.8 Å². The van der Waals surface area contributed by atoms with Crippen LogP contribution in [0.25, 0.3) is 0 Å². The summed E-state index contributed by atoms with van der Waals surface area (Å²) in [6, 6.07) is 25.8. The number of aromatic nitrogens is 2. The normalized spacial score (nSPS) is 21.3. The van der Waals surface area contributed by atoms with Gasteiger partial charge in [-0.25, -0.2) is 15.0 Å². The number of nitrogens with one attached hydrogen (secondary N) is 2. The highest BCUT2D eigenvalue weighted by Crippen LogP contribution is 2.41. The third-order valence-electron chi connectivity index (χ3n) is 12.8. The number of methoxy groups -OCH3 is 1. The van der Waals surface area contributed by atoms with E-state index in [0.29, 0.717) is 41.4 Å². The number of benzene rings is 3. The Balaban J connectivity index is 0.856. The molecule has 5 aliphatic rings. The van der Waals surface area contributed by atoms with E-state index in [9.17, 15) is 4.79 Å². The Kier molecular flexibility index (Phi) is 12.0. The van der Waals surface area contributed by atoms with Crippen LogP contribution in [0.4, 0.5) is 28.7 Å². The summed E-state index contributed by atoms with van der Waals surface area (Å²) in [6.07, 6.45) is 11.1. The Morgan fingerprint density at radius 3 is 2.12 bits per heavy atom. The van der Waals surface area contributed by atoms with Gasteiger partial charge in [-0.2, -0.15) is 0 Å². The van der Waals surface area contributed by atoms with Crippen molar-refractivity contribution in [3.8, 4) is 17.2 Å². The van der Waals surface area contributed by atoms with Crippen LogP contribution in [0.5, 0.6) is 17.2 Å². The quantitative estimate of drug-likeness (QED) is 0.133. The van der Waals surface area contributed by atoms with Gasteiger partial charge in [-0.3, -0.25) is 19.4 Å². The molecule has 4 saturated heterocycles. The molecular formula is C46H57N9O4. The minimum absolute atomic E-state index is 0.0691. The van der Waals surface area contributed by atoms with Crippen molar-refractivity contribution < 1.29 is 19.1 Å². The van der Waals surface area contributed by atoms with E-state index in [-0.39, 0.29) is 11.9 Å². The van der Waals surface area contributed by atoms with Gasteiger partial charge in [0, 0.05) is 75.9 Å². The highest BCUT2D eigenvalue weighted by Gasteiger charge is 2.36. The predicted octanol–water partition coefficient (Wildman–Crippen LogP) is 7.24. The molecule has 5 fully saturated rings. The molecule has 0 unspecified atom stereocenters. The van der Waals surface area contributed by atoms with Gasteiger partial charge in [0.1, 0.15) is 29.4 Å². The fraction of sp³-hybridized carbons (Fsp3) is 0.457. The lowest BCUT2D eigenvalue weighted by Gasteiger charge is -2.46. The number of hydroxylamine groups is 1. The Labute approximate surface area is 347 Å². The van der Waals surface area contributed by atoms with Crippen LogP contribution in [0.15, 0.2) is 91.8 Å². The van der Waals surface area contributed by atoms with E-state index < -0.39 is 0 Å². The third-order valence-corrected chi connectivity index (χ3v) is 12.8. The van der Waals surface area contributed by atoms with Gasteiger partial charge in [0.2, 0.25) is 5.91 Å². The lowest BCUT2D eigenvalue weighted by atomic mass is 9.96. The van der Waals surface area contributed by atoms with E-state index in [1.54, 1.807) is 7.11 Å². The number of anilines is 5. The number of hydrogen-bond donors (Lipinski definition) is 2. The molecule has 0 bridgehead atoms. The zero-order valence-corrected chi connectivity index (χ0v) is 34.2. The molecule has 0 radical (unpaired) electrons. The molecule has 5 heterocycles. The SMILES string of the molecule is C=CC(=O)Nc1cc(Nc2cc(N3OCC[C@@H]3c3cccc(Oc4ccccc4)c3)ncn2)c(OC)cc1N1CCC(N2CCC(N3CCN(C4CC4)CC3)CC2)CC1. The first-order valence-electron chi connectivity index (χ1n) is 21.5. The van der Waals surface area contributed by atoms with Crippen molar-refractivity contribution in [3.63, 3.8) is 0 Å². The van der Waals surface area contributed by atoms with Crippen LogP contribution in [-0.4, -0.2) is 115 Å². The number of amides is 1. The van der Waals surface area contributed by atoms with Crippen molar-refractivity contribution in [1.82, 2.24) is 24.7 Å². The lowest BCUT2D eigenvalue weighted by molar-refractivity contribution is -0.111. The second-order valence-electron chi connectivity index (χ2n) is 16.4. The zero-order valence-electron chi connectivity index (χ0n) is 34.2. The van der Waals surface area contributed by atoms with Crippen LogP contribution in [-0.2, 0) is 9.63 Å². The summed E-state index contributed by atoms with van der Waals surface area (Å²) in [5, 5.41) is 8.36. The number of carbonyl (C=O) groups excluding carboxylic acids is 1. The van der Waals surface area contributed by atoms with Gasteiger partial charge in [-0.05, 0) is 93.6 Å². The minimum atomic E-state index is -0.270. The highest BCUT2D eigenvalue weighted by molar-refractivity contribution is 6.02. The molecule has 1 saturated carbocycles. The summed E-state index contributed by atoms with van der Waals surface area (Å²) < 4.78 is 12.1. The molecule has 4 aliphatic heterocycles. The Morgan fingerprint density at radius 1 is 0.746 bits per heavy atom. The van der Waals surface area contributed by atoms with Crippen LogP contribution >= 0.6 is 0 Å². The number of piperidine rings is 2. The molecule has 0 spiro atoms. The van der Waals surface area contributed by atoms with Crippen LogP contribution in [0.1, 0.15) is 56.6 Å². The zero-order chi connectivity index (χ0) is 40.1. The van der Waals surface area contributed by atoms with Crippen LogP contribution in [0.3, 0.4) is 0 Å². The third kappa shape index (κ3) is 9.18. The van der Waals surface area contributed by atoms with Gasteiger partial charge >= 0.3 is 0 Å². The van der Waals surface area contributed by atoms with Gasteiger partial charge in [-0.15, -0.1) is 0 Å². The van der Waals surface area contributed by atoms with E-state index >= 15 is 0 Å². The van der Waals surface area contributed by atoms with Crippen molar-refractivity contribution in [2.75, 3.05) is 86.7 Å². The number of rotatable bonds is 13. The maximum Gasteiger partial charge on any atom is 0.247 e. The molecule has 310 valence electrons. The summed E-state index contributed by atoms with van der Waals surface area (Å²) >= 11 is 0. The second-order valence-corrected chi connectivity index (χ2v) is 16.4. The van der Waals surface area contributed by atoms with Crippen molar-refractivity contribution >= 4 is 34.6 Å². The van der Waals surface area contributed by atoms with Gasteiger partial charge in [0.25, 0.3) is 0 Å². The Hall–Kier alpha value is -5.21. The fourth-order valence-electron chi connectivity index (χ4n) is 9.46. The highest BCUT2D eigenvalue weighted by atomic mass is 16.7. The molecule has 13 heteroatoms. The maximum absolute atomic E-state index is 12.8. The molecule has 2 N–H and O–H groups in total. The summed E-state index contributed by atoms with van der Waals surface area (Å²) in [7, 11) is 1.67. The Morgan fingerprint density at radius 2 is 1.42 bits per heavy atom. The molecule has 1 amide bonds. The van der Waals surface area contributed by atoms with Crippen LogP contribution in [0, 0.1) is 0 Å². The van der Waals surface area contributed by atoms with E-state index in [1.165, 1.54) is 77.4 Å². The first-order chi connectivity index (χ1) is 29.0. The average Bonchev–Trinajstić information content (AvgIpc) is 4.02. The molecule has 9 rings (SSSR count). The Bertz CT molecular complexity index is 2060. The molecule has 13 nitrogen and oxygen atoms in total. The number of hydrogen-bond acceptors (Lipinski definition) is 12. The second kappa shape index (κ2) is 18.0. The molecule has 1 aliphatic carbocycles. The first-order valence-corrected chi connectivity index (χ1v) is 21.5. The number of nitrogens with zero attached hydrogens (tertiary/aromatic N) is 7. The van der Waals surface area contributed by atoms with Crippen molar-refractivity contribution in [2.45, 2.75) is 69.1 Å². The van der Waals surface area contributed by atoms with Gasteiger partial charge < -0.3 is 29.9 Å².